The van der Waals surface area contributed by atoms with Crippen LogP contribution in [0.15, 0.2) is 35.3 Å². The van der Waals surface area contributed by atoms with Crippen LogP contribution in [0.4, 0.5) is 0 Å². The van der Waals surface area contributed by atoms with Gasteiger partial charge < -0.3 is 15.5 Å². The Bertz CT molecular complexity index is 470. The molecule has 1 saturated heterocycles. The number of aliphatic imine (C=N–C) groups is 1. The second-order valence-corrected chi connectivity index (χ2v) is 6.44. The highest BCUT2D eigenvalue weighted by Gasteiger charge is 2.17. The van der Waals surface area contributed by atoms with Crippen LogP contribution in [0.25, 0.3) is 0 Å². The molecule has 0 bridgehead atoms. The molecule has 0 amide bonds. The van der Waals surface area contributed by atoms with E-state index in [0.29, 0.717) is 0 Å². The van der Waals surface area contributed by atoms with Crippen LogP contribution in [0.2, 0.25) is 0 Å². The van der Waals surface area contributed by atoms with E-state index in [1.54, 1.807) is 0 Å². The van der Waals surface area contributed by atoms with Crippen molar-refractivity contribution in [1.29, 1.82) is 0 Å². The first-order chi connectivity index (χ1) is 11.2. The number of hydrogen-bond acceptors (Lipinski definition) is 2. The first-order valence-electron chi connectivity index (χ1n) is 8.97. The molecule has 1 aliphatic rings. The van der Waals surface area contributed by atoms with E-state index in [-0.39, 0.29) is 30.0 Å². The zero-order chi connectivity index (χ0) is 16.5. The molecule has 4 nitrogen and oxygen atoms in total. The fraction of sp³-hybridized carbons (Fsp3) is 0.632. The van der Waals surface area contributed by atoms with Crippen molar-refractivity contribution < 1.29 is 0 Å². The highest BCUT2D eigenvalue weighted by atomic mass is 127. The summed E-state index contributed by atoms with van der Waals surface area (Å²) in [5.74, 6) is 1.75. The predicted molar refractivity (Wildman–Crippen MR) is 114 cm³/mol. The van der Waals surface area contributed by atoms with E-state index in [1.165, 1.54) is 44.5 Å². The van der Waals surface area contributed by atoms with Gasteiger partial charge in [0.15, 0.2) is 5.96 Å². The van der Waals surface area contributed by atoms with Crippen molar-refractivity contribution in [1.82, 2.24) is 15.5 Å². The third kappa shape index (κ3) is 6.97. The van der Waals surface area contributed by atoms with Crippen molar-refractivity contribution in [3.05, 3.63) is 35.9 Å². The SMILES string of the molecule is CCN1CCC(CCNC(=NC)NC(C)c2ccccc2)CC1.I. The minimum absolute atomic E-state index is 0. The number of likely N-dealkylation sites (tertiary alicyclic amines) is 1. The number of rotatable bonds is 6. The van der Waals surface area contributed by atoms with Crippen molar-refractivity contribution >= 4 is 29.9 Å². The van der Waals surface area contributed by atoms with E-state index >= 15 is 0 Å². The van der Waals surface area contributed by atoms with Crippen molar-refractivity contribution in [2.45, 2.75) is 39.2 Å². The molecule has 1 aromatic carbocycles. The maximum Gasteiger partial charge on any atom is 0.191 e. The number of piperidine rings is 1. The molecule has 1 heterocycles. The largest absolute Gasteiger partial charge is 0.356 e. The molecule has 0 aliphatic carbocycles. The van der Waals surface area contributed by atoms with Gasteiger partial charge >= 0.3 is 0 Å². The summed E-state index contributed by atoms with van der Waals surface area (Å²) in [6.45, 7) is 9.14. The van der Waals surface area contributed by atoms with Gasteiger partial charge in [-0.05, 0) is 57.3 Å². The summed E-state index contributed by atoms with van der Waals surface area (Å²) in [6.07, 6.45) is 3.90. The molecular formula is C19H33IN4. The van der Waals surface area contributed by atoms with E-state index in [4.69, 9.17) is 0 Å². The Kier molecular flexibility index (Phi) is 10.3. The number of benzene rings is 1. The highest BCUT2D eigenvalue weighted by molar-refractivity contribution is 14.0. The number of hydrogen-bond donors (Lipinski definition) is 2. The molecule has 1 atom stereocenters. The minimum Gasteiger partial charge on any atom is -0.356 e. The van der Waals surface area contributed by atoms with E-state index < -0.39 is 0 Å². The Morgan fingerprint density at radius 3 is 2.50 bits per heavy atom. The standard InChI is InChI=1S/C19H32N4.HI/c1-4-23-14-11-17(12-15-23)10-13-21-19(20-3)22-16(2)18-8-6-5-7-9-18;/h5-9,16-17H,4,10-15H2,1-3H3,(H2,20,21,22);1H. The lowest BCUT2D eigenvalue weighted by Gasteiger charge is -2.31. The van der Waals surface area contributed by atoms with Crippen LogP contribution >= 0.6 is 24.0 Å². The van der Waals surface area contributed by atoms with E-state index in [0.717, 1.165) is 18.4 Å². The van der Waals surface area contributed by atoms with E-state index in [2.05, 4.69) is 58.6 Å². The molecule has 1 fully saturated rings. The Labute approximate surface area is 164 Å². The van der Waals surface area contributed by atoms with Crippen LogP contribution in [0.5, 0.6) is 0 Å². The fourth-order valence-electron chi connectivity index (χ4n) is 3.21. The molecule has 2 N–H and O–H groups in total. The first-order valence-corrected chi connectivity index (χ1v) is 8.97. The minimum atomic E-state index is 0. The average molecular weight is 444 g/mol. The lowest BCUT2D eigenvalue weighted by atomic mass is 9.93. The normalized spacial score (nSPS) is 17.9. The van der Waals surface area contributed by atoms with Crippen LogP contribution in [0, 0.1) is 5.92 Å². The van der Waals surface area contributed by atoms with Gasteiger partial charge in [0.05, 0.1) is 6.04 Å². The smallest absolute Gasteiger partial charge is 0.191 e. The van der Waals surface area contributed by atoms with Gasteiger partial charge in [-0.15, -0.1) is 24.0 Å². The molecule has 1 aromatic rings. The average Bonchev–Trinajstić information content (AvgIpc) is 2.62. The number of guanidine groups is 1. The van der Waals surface area contributed by atoms with Gasteiger partial charge in [0.2, 0.25) is 0 Å². The van der Waals surface area contributed by atoms with Crippen LogP contribution in [-0.4, -0.2) is 44.1 Å². The molecule has 0 aromatic heterocycles. The quantitative estimate of drug-likeness (QED) is 0.400. The molecule has 0 radical (unpaired) electrons. The number of nitrogens with zero attached hydrogens (tertiary/aromatic N) is 2. The van der Waals surface area contributed by atoms with E-state index in [1.807, 2.05) is 13.1 Å². The Morgan fingerprint density at radius 2 is 1.92 bits per heavy atom. The van der Waals surface area contributed by atoms with Crippen molar-refractivity contribution in [3.63, 3.8) is 0 Å². The zero-order valence-electron chi connectivity index (χ0n) is 15.3. The Morgan fingerprint density at radius 1 is 1.25 bits per heavy atom. The van der Waals surface area contributed by atoms with Crippen LogP contribution in [0.1, 0.15) is 44.7 Å². The van der Waals surface area contributed by atoms with Gasteiger partial charge in [0.25, 0.3) is 0 Å². The summed E-state index contributed by atoms with van der Waals surface area (Å²) in [4.78, 5) is 6.90. The van der Waals surface area contributed by atoms with Gasteiger partial charge in [0, 0.05) is 13.6 Å². The van der Waals surface area contributed by atoms with Crippen molar-refractivity contribution in [3.8, 4) is 0 Å². The maximum atomic E-state index is 4.35. The van der Waals surface area contributed by atoms with Gasteiger partial charge in [0.1, 0.15) is 0 Å². The lowest BCUT2D eigenvalue weighted by molar-refractivity contribution is 0.187. The lowest BCUT2D eigenvalue weighted by Crippen LogP contribution is -2.40. The predicted octanol–water partition coefficient (Wildman–Crippen LogP) is 3.65. The summed E-state index contributed by atoms with van der Waals surface area (Å²) >= 11 is 0. The summed E-state index contributed by atoms with van der Waals surface area (Å²) in [5.41, 5.74) is 1.28. The van der Waals surface area contributed by atoms with Crippen LogP contribution < -0.4 is 10.6 Å². The number of halogens is 1. The molecule has 136 valence electrons. The molecule has 0 saturated carbocycles. The van der Waals surface area contributed by atoms with Gasteiger partial charge in [-0.1, -0.05) is 37.3 Å². The second kappa shape index (κ2) is 11.7. The van der Waals surface area contributed by atoms with Gasteiger partial charge in [-0.3, -0.25) is 4.99 Å². The maximum absolute atomic E-state index is 4.35. The zero-order valence-corrected chi connectivity index (χ0v) is 17.6. The summed E-state index contributed by atoms with van der Waals surface area (Å²) in [6, 6.07) is 10.8. The molecule has 1 unspecified atom stereocenters. The van der Waals surface area contributed by atoms with E-state index in [9.17, 15) is 0 Å². The summed E-state index contributed by atoms with van der Waals surface area (Å²) in [7, 11) is 1.84. The Balaban J connectivity index is 0.00000288. The summed E-state index contributed by atoms with van der Waals surface area (Å²) < 4.78 is 0. The molecule has 0 spiro atoms. The van der Waals surface area contributed by atoms with Crippen molar-refractivity contribution in [2.24, 2.45) is 10.9 Å². The molecule has 5 heteroatoms. The second-order valence-electron chi connectivity index (χ2n) is 6.44. The highest BCUT2D eigenvalue weighted by Crippen LogP contribution is 2.19. The molecular weight excluding hydrogens is 411 g/mol. The molecule has 2 rings (SSSR count). The fourth-order valence-corrected chi connectivity index (χ4v) is 3.21. The third-order valence-corrected chi connectivity index (χ3v) is 4.88. The topological polar surface area (TPSA) is 39.7 Å². The monoisotopic (exact) mass is 444 g/mol. The molecule has 1 aliphatic heterocycles. The number of nitrogens with one attached hydrogen (secondary N) is 2. The molecule has 24 heavy (non-hydrogen) atoms. The van der Waals surface area contributed by atoms with Gasteiger partial charge in [-0.25, -0.2) is 0 Å². The summed E-state index contributed by atoms with van der Waals surface area (Å²) in [5, 5.41) is 6.94. The Hall–Kier alpha value is -0.820. The van der Waals surface area contributed by atoms with Crippen molar-refractivity contribution in [2.75, 3.05) is 33.2 Å². The van der Waals surface area contributed by atoms with Gasteiger partial charge in [-0.2, -0.15) is 0 Å². The third-order valence-electron chi connectivity index (χ3n) is 4.88. The van der Waals surface area contributed by atoms with Crippen LogP contribution in [-0.2, 0) is 0 Å². The first kappa shape index (κ1) is 21.2. The van der Waals surface area contributed by atoms with Crippen LogP contribution in [0.3, 0.4) is 0 Å².